The predicted octanol–water partition coefficient (Wildman–Crippen LogP) is 15.3. The molecular weight excluding hydrogens is 544 g/mol. The van der Waals surface area contributed by atoms with E-state index in [9.17, 15) is 0 Å². The fraction of sp³-hybridized carbons (Fsp3) is 0.591. The van der Waals surface area contributed by atoms with Gasteiger partial charge in [0, 0.05) is 0 Å². The minimum Gasteiger partial charge on any atom is -0.496 e. The van der Waals surface area contributed by atoms with Crippen LogP contribution >= 0.6 is 0 Å². The van der Waals surface area contributed by atoms with E-state index in [1.165, 1.54) is 83.9 Å². The quantitative estimate of drug-likeness (QED) is 0.266. The van der Waals surface area contributed by atoms with E-state index in [4.69, 9.17) is 4.74 Å². The van der Waals surface area contributed by atoms with E-state index in [1.54, 1.807) is 0 Å². The molecule has 258 valence electrons. The van der Waals surface area contributed by atoms with Gasteiger partial charge in [-0.25, -0.2) is 0 Å². The lowest BCUT2D eigenvalue weighted by Gasteiger charge is -2.26. The van der Waals surface area contributed by atoms with Gasteiger partial charge in [-0.3, -0.25) is 0 Å². The van der Waals surface area contributed by atoms with Gasteiger partial charge in [-0.05, 0) is 71.9 Å². The maximum atomic E-state index is 5.90. The lowest BCUT2D eigenvalue weighted by Crippen LogP contribution is -2.13. The van der Waals surface area contributed by atoms with E-state index >= 15 is 0 Å². The maximum absolute atomic E-state index is 5.90. The van der Waals surface area contributed by atoms with Gasteiger partial charge < -0.3 is 4.74 Å². The zero-order valence-corrected chi connectivity index (χ0v) is 33.0. The minimum atomic E-state index is 0.884. The second-order valence-electron chi connectivity index (χ2n) is 11.0. The molecule has 3 aromatic carbocycles. The molecule has 1 aliphatic rings. The fourth-order valence-corrected chi connectivity index (χ4v) is 5.11. The van der Waals surface area contributed by atoms with Crippen LogP contribution in [-0.4, -0.2) is 7.11 Å². The molecule has 1 saturated carbocycles. The Bertz CT molecular complexity index is 1020. The third kappa shape index (κ3) is 18.3. The van der Waals surface area contributed by atoms with Crippen LogP contribution in [0.25, 0.3) is 22.3 Å². The molecule has 0 aliphatic heterocycles. The van der Waals surface area contributed by atoms with Crippen LogP contribution < -0.4 is 4.74 Å². The van der Waals surface area contributed by atoms with Gasteiger partial charge in [-0.1, -0.05) is 195 Å². The van der Waals surface area contributed by atoms with Gasteiger partial charge in [-0.2, -0.15) is 0 Å². The van der Waals surface area contributed by atoms with Crippen molar-refractivity contribution in [3.05, 3.63) is 77.4 Å². The average Bonchev–Trinajstić information content (AvgIpc) is 3.09. The highest BCUT2D eigenvalue weighted by molar-refractivity contribution is 5.74. The SMILES string of the molecule is CC.CC.CC.CC.CCC.CCC.COc1c(CCC2CCC(C)CC2)ccc(-c2ccc(-c3ccc(C)cc3)cc2)c1C. The molecule has 0 aromatic heterocycles. The van der Waals surface area contributed by atoms with Crippen molar-refractivity contribution in [3.63, 3.8) is 0 Å². The van der Waals surface area contributed by atoms with Crippen LogP contribution in [0.4, 0.5) is 0 Å². The zero-order valence-electron chi connectivity index (χ0n) is 33.0. The van der Waals surface area contributed by atoms with Gasteiger partial charge in [-0.15, -0.1) is 0 Å². The summed E-state index contributed by atoms with van der Waals surface area (Å²) in [7, 11) is 1.82. The number of hydrogen-bond acceptors (Lipinski definition) is 1. The highest BCUT2D eigenvalue weighted by Crippen LogP contribution is 2.37. The Hall–Kier alpha value is -2.54. The summed E-state index contributed by atoms with van der Waals surface area (Å²) >= 11 is 0. The number of ether oxygens (including phenoxy) is 1. The smallest absolute Gasteiger partial charge is 0.125 e. The van der Waals surface area contributed by atoms with Crippen LogP contribution in [0.5, 0.6) is 5.75 Å². The second-order valence-corrected chi connectivity index (χ2v) is 11.0. The number of aryl methyl sites for hydroxylation is 2. The van der Waals surface area contributed by atoms with Crippen LogP contribution in [0.2, 0.25) is 0 Å². The highest BCUT2D eigenvalue weighted by Gasteiger charge is 2.19. The van der Waals surface area contributed by atoms with Gasteiger partial charge in [0.05, 0.1) is 7.11 Å². The molecule has 0 amide bonds. The summed E-state index contributed by atoms with van der Waals surface area (Å²) in [5, 5.41) is 0. The molecule has 0 bridgehead atoms. The second kappa shape index (κ2) is 31.4. The number of rotatable bonds is 6. The summed E-state index contributed by atoms with van der Waals surface area (Å²) in [6.07, 6.45) is 10.5. The molecule has 0 radical (unpaired) electrons. The van der Waals surface area contributed by atoms with Crippen molar-refractivity contribution in [2.75, 3.05) is 7.11 Å². The molecule has 0 heterocycles. The predicted molar refractivity (Wildman–Crippen MR) is 210 cm³/mol. The van der Waals surface area contributed by atoms with Gasteiger partial charge >= 0.3 is 0 Å². The number of benzene rings is 3. The fourth-order valence-electron chi connectivity index (χ4n) is 5.11. The van der Waals surface area contributed by atoms with E-state index in [0.29, 0.717) is 0 Å². The first-order valence-electron chi connectivity index (χ1n) is 18.7. The summed E-state index contributed by atoms with van der Waals surface area (Å²) < 4.78 is 5.90. The molecule has 0 N–H and O–H groups in total. The molecule has 0 spiro atoms. The van der Waals surface area contributed by atoms with Crippen LogP contribution in [-0.2, 0) is 6.42 Å². The Morgan fingerprint density at radius 3 is 1.40 bits per heavy atom. The first-order valence-corrected chi connectivity index (χ1v) is 18.7. The van der Waals surface area contributed by atoms with Gasteiger partial charge in [0.15, 0.2) is 0 Å². The Kier molecular flexibility index (Phi) is 32.8. The lowest BCUT2D eigenvalue weighted by atomic mass is 9.80. The monoisotopic (exact) mass is 621 g/mol. The summed E-state index contributed by atoms with van der Waals surface area (Å²) in [6, 6.07) is 22.2. The maximum Gasteiger partial charge on any atom is 0.125 e. The molecule has 0 atom stereocenters. The molecule has 0 saturated heterocycles. The van der Waals surface area contributed by atoms with E-state index in [0.717, 1.165) is 24.0 Å². The molecule has 1 aliphatic carbocycles. The molecule has 4 rings (SSSR count). The Balaban J connectivity index is -0.00000110. The van der Waals surface area contributed by atoms with Gasteiger partial charge in [0.2, 0.25) is 0 Å². The van der Waals surface area contributed by atoms with E-state index in [2.05, 4.69) is 109 Å². The van der Waals surface area contributed by atoms with Crippen molar-refractivity contribution in [3.8, 4) is 28.0 Å². The van der Waals surface area contributed by atoms with Crippen molar-refractivity contribution >= 4 is 0 Å². The molecule has 0 unspecified atom stereocenters. The van der Waals surface area contributed by atoms with E-state index in [1.807, 2.05) is 62.5 Å². The molecule has 1 fully saturated rings. The molecule has 1 nitrogen and oxygen atoms in total. The summed E-state index contributed by atoms with van der Waals surface area (Å²) in [5.41, 5.74) is 8.94. The van der Waals surface area contributed by atoms with Crippen molar-refractivity contribution < 1.29 is 4.74 Å². The summed E-state index contributed by atoms with van der Waals surface area (Å²) in [4.78, 5) is 0. The van der Waals surface area contributed by atoms with Crippen LogP contribution in [0, 0.1) is 25.7 Å². The summed E-state index contributed by atoms with van der Waals surface area (Å²) in [5.74, 6) is 2.88. The Morgan fingerprint density at radius 2 is 0.978 bits per heavy atom. The molecule has 1 heteroatoms. The standard InChI is InChI=1S/C30H36O.2C3H8.4C2H6/c1-21-5-9-24(10-6-21)11-14-28-19-20-29(23(3)30(28)31-4)27-17-15-26(16-18-27)25-12-7-22(2)8-13-25;2*1-3-2;4*1-2/h7-8,12-13,15-21,24H,5-6,9-11,14H2,1-4H3;2*3H2,1-2H3;4*1-2H3. The van der Waals surface area contributed by atoms with Crippen molar-refractivity contribution in [1.29, 1.82) is 0 Å². The first kappa shape index (κ1) is 46.9. The highest BCUT2D eigenvalue weighted by atomic mass is 16.5. The minimum absolute atomic E-state index is 0.884. The molecule has 3 aromatic rings. The van der Waals surface area contributed by atoms with Crippen molar-refractivity contribution in [2.24, 2.45) is 11.8 Å². The Labute approximate surface area is 283 Å². The normalized spacial score (nSPS) is 14.2. The first-order chi connectivity index (χ1) is 21.9. The average molecular weight is 621 g/mol. The lowest BCUT2D eigenvalue weighted by molar-refractivity contribution is 0.277. The van der Waals surface area contributed by atoms with Crippen LogP contribution in [0.3, 0.4) is 0 Å². The largest absolute Gasteiger partial charge is 0.496 e. The third-order valence-electron chi connectivity index (χ3n) is 7.23. The third-order valence-corrected chi connectivity index (χ3v) is 7.23. The topological polar surface area (TPSA) is 9.23 Å². The van der Waals surface area contributed by atoms with E-state index in [-0.39, 0.29) is 0 Å². The number of methoxy groups -OCH3 is 1. The van der Waals surface area contributed by atoms with Crippen LogP contribution in [0.15, 0.2) is 60.7 Å². The number of hydrogen-bond donors (Lipinski definition) is 0. The van der Waals surface area contributed by atoms with Gasteiger partial charge in [0.25, 0.3) is 0 Å². The Morgan fingerprint density at radius 1 is 0.578 bits per heavy atom. The zero-order chi connectivity index (χ0) is 35.2. The van der Waals surface area contributed by atoms with Crippen molar-refractivity contribution in [2.45, 2.75) is 155 Å². The van der Waals surface area contributed by atoms with Crippen molar-refractivity contribution in [1.82, 2.24) is 0 Å². The van der Waals surface area contributed by atoms with Gasteiger partial charge in [0.1, 0.15) is 5.75 Å². The molecular formula is C44H76O. The molecule has 45 heavy (non-hydrogen) atoms. The summed E-state index contributed by atoms with van der Waals surface area (Å²) in [6.45, 7) is 31.2. The van der Waals surface area contributed by atoms with Crippen LogP contribution in [0.1, 0.15) is 152 Å². The van der Waals surface area contributed by atoms with E-state index < -0.39 is 0 Å².